The van der Waals surface area contributed by atoms with E-state index in [1.54, 1.807) is 0 Å². The van der Waals surface area contributed by atoms with E-state index >= 15 is 0 Å². The lowest BCUT2D eigenvalue weighted by Gasteiger charge is -2.33. The topological polar surface area (TPSA) is 97.5 Å². The van der Waals surface area contributed by atoms with Gasteiger partial charge in [0.05, 0.1) is 9.79 Å². The summed E-state index contributed by atoms with van der Waals surface area (Å²) >= 11 is 0. The predicted octanol–water partition coefficient (Wildman–Crippen LogP) is 1.26. The first kappa shape index (κ1) is 20.4. The minimum atomic E-state index is -3.61. The lowest BCUT2D eigenvalue weighted by molar-refractivity contribution is 0.243. The van der Waals surface area contributed by atoms with Gasteiger partial charge in [-0.3, -0.25) is 0 Å². The molecule has 0 aliphatic carbocycles. The van der Waals surface area contributed by atoms with Gasteiger partial charge < -0.3 is 5.73 Å². The van der Waals surface area contributed by atoms with E-state index in [9.17, 15) is 16.8 Å². The number of rotatable bonds is 4. The lowest BCUT2D eigenvalue weighted by atomic mass is 9.93. The van der Waals surface area contributed by atoms with Crippen molar-refractivity contribution in [3.05, 3.63) is 24.3 Å². The molecule has 2 unspecified atom stereocenters. The monoisotopic (exact) mass is 382 g/mol. The SMILES string of the molecule is CC(N)C1CCCN(S(=O)(=O)c2ccc(S(C)(=O)=O)cc2)C1.Cl. The highest BCUT2D eigenvalue weighted by Crippen LogP contribution is 2.25. The van der Waals surface area contributed by atoms with Crippen LogP contribution in [0.25, 0.3) is 0 Å². The molecule has 0 bridgehead atoms. The van der Waals surface area contributed by atoms with Gasteiger partial charge in [-0.1, -0.05) is 0 Å². The number of piperidine rings is 1. The van der Waals surface area contributed by atoms with Crippen LogP contribution in [0, 0.1) is 5.92 Å². The van der Waals surface area contributed by atoms with E-state index in [0.717, 1.165) is 19.1 Å². The summed E-state index contributed by atoms with van der Waals surface area (Å²) in [5, 5.41) is 0. The van der Waals surface area contributed by atoms with Crippen LogP contribution in [0.15, 0.2) is 34.1 Å². The minimum Gasteiger partial charge on any atom is -0.328 e. The highest BCUT2D eigenvalue weighted by atomic mass is 35.5. The first-order valence-electron chi connectivity index (χ1n) is 7.18. The maximum Gasteiger partial charge on any atom is 0.243 e. The molecule has 2 rings (SSSR count). The van der Waals surface area contributed by atoms with E-state index in [4.69, 9.17) is 5.73 Å². The number of sulfone groups is 1. The molecule has 0 radical (unpaired) electrons. The average molecular weight is 383 g/mol. The Morgan fingerprint density at radius 1 is 1.13 bits per heavy atom. The van der Waals surface area contributed by atoms with Gasteiger partial charge in [0, 0.05) is 25.4 Å². The number of nitrogens with two attached hydrogens (primary N) is 1. The molecule has 2 N–H and O–H groups in total. The smallest absolute Gasteiger partial charge is 0.243 e. The van der Waals surface area contributed by atoms with E-state index in [1.807, 2.05) is 6.92 Å². The zero-order chi connectivity index (χ0) is 16.5. The number of hydrogen-bond donors (Lipinski definition) is 1. The molecule has 1 aliphatic heterocycles. The second-order valence-electron chi connectivity index (χ2n) is 5.87. The molecule has 23 heavy (non-hydrogen) atoms. The third kappa shape index (κ3) is 4.67. The lowest BCUT2D eigenvalue weighted by Crippen LogP contribution is -2.44. The molecular formula is C14H23ClN2O4S2. The van der Waals surface area contributed by atoms with Crippen molar-refractivity contribution in [1.29, 1.82) is 0 Å². The summed E-state index contributed by atoms with van der Waals surface area (Å²) in [4.78, 5) is 0.226. The molecule has 6 nitrogen and oxygen atoms in total. The van der Waals surface area contributed by atoms with E-state index in [-0.39, 0.29) is 34.2 Å². The third-order valence-corrected chi connectivity index (χ3v) is 7.06. The minimum absolute atomic E-state index is 0. The van der Waals surface area contributed by atoms with Crippen LogP contribution < -0.4 is 5.73 Å². The van der Waals surface area contributed by atoms with Gasteiger partial charge in [-0.15, -0.1) is 12.4 Å². The molecule has 1 saturated heterocycles. The summed E-state index contributed by atoms with van der Waals surface area (Å²) in [5.41, 5.74) is 5.89. The number of nitrogens with zero attached hydrogens (tertiary/aromatic N) is 1. The van der Waals surface area contributed by atoms with Crippen LogP contribution in [0.1, 0.15) is 19.8 Å². The molecule has 1 aromatic rings. The second kappa shape index (κ2) is 7.48. The molecule has 1 heterocycles. The first-order chi connectivity index (χ1) is 10.1. The molecule has 0 amide bonds. The summed E-state index contributed by atoms with van der Waals surface area (Å²) in [5.74, 6) is 0.152. The number of hydrogen-bond acceptors (Lipinski definition) is 5. The van der Waals surface area contributed by atoms with Crippen molar-refractivity contribution >= 4 is 32.3 Å². The number of sulfonamides is 1. The van der Waals surface area contributed by atoms with Gasteiger partial charge in [0.25, 0.3) is 0 Å². The summed E-state index contributed by atoms with van der Waals surface area (Å²) < 4.78 is 49.6. The van der Waals surface area contributed by atoms with Crippen molar-refractivity contribution in [2.75, 3.05) is 19.3 Å². The molecule has 0 spiro atoms. The Labute approximate surface area is 144 Å². The van der Waals surface area contributed by atoms with Crippen LogP contribution in [0.4, 0.5) is 0 Å². The van der Waals surface area contributed by atoms with Gasteiger partial charge in [-0.05, 0) is 49.9 Å². The number of benzene rings is 1. The van der Waals surface area contributed by atoms with Crippen LogP contribution >= 0.6 is 12.4 Å². The highest BCUT2D eigenvalue weighted by Gasteiger charge is 2.31. The van der Waals surface area contributed by atoms with Crippen molar-refractivity contribution in [3.8, 4) is 0 Å². The Morgan fingerprint density at radius 2 is 1.65 bits per heavy atom. The summed E-state index contributed by atoms with van der Waals surface area (Å²) in [6, 6.07) is 5.30. The Morgan fingerprint density at radius 3 is 2.13 bits per heavy atom. The van der Waals surface area contributed by atoms with Gasteiger partial charge in [0.15, 0.2) is 9.84 Å². The molecule has 0 aromatic heterocycles. The van der Waals surface area contributed by atoms with Crippen molar-refractivity contribution in [2.45, 2.75) is 35.6 Å². The quantitative estimate of drug-likeness (QED) is 0.845. The Balaban J connectivity index is 0.00000264. The van der Waals surface area contributed by atoms with E-state index in [2.05, 4.69) is 0 Å². The molecule has 132 valence electrons. The largest absolute Gasteiger partial charge is 0.328 e. The van der Waals surface area contributed by atoms with Gasteiger partial charge in [0.1, 0.15) is 0 Å². The number of halogens is 1. The zero-order valence-corrected chi connectivity index (χ0v) is 15.6. The van der Waals surface area contributed by atoms with Gasteiger partial charge in [0.2, 0.25) is 10.0 Å². The average Bonchev–Trinajstić information content (AvgIpc) is 2.46. The molecule has 1 aromatic carbocycles. The normalized spacial score (nSPS) is 21.4. The van der Waals surface area contributed by atoms with E-state index in [0.29, 0.717) is 13.1 Å². The second-order valence-corrected chi connectivity index (χ2v) is 9.82. The highest BCUT2D eigenvalue weighted by molar-refractivity contribution is 7.90. The van der Waals surface area contributed by atoms with Crippen LogP contribution in [0.5, 0.6) is 0 Å². The van der Waals surface area contributed by atoms with Crippen molar-refractivity contribution < 1.29 is 16.8 Å². The standard InChI is InChI=1S/C14H22N2O4S2.ClH/c1-11(15)12-4-3-9-16(10-12)22(19,20)14-7-5-13(6-8-14)21(2,17)18;/h5-8,11-12H,3-4,9-10,15H2,1-2H3;1H. The molecule has 1 aliphatic rings. The summed E-state index contributed by atoms with van der Waals surface area (Å²) in [7, 11) is -6.94. The molecule has 0 saturated carbocycles. The van der Waals surface area contributed by atoms with Crippen LogP contribution in [-0.2, 0) is 19.9 Å². The van der Waals surface area contributed by atoms with Crippen molar-refractivity contribution in [1.82, 2.24) is 4.31 Å². The van der Waals surface area contributed by atoms with E-state index < -0.39 is 19.9 Å². The first-order valence-corrected chi connectivity index (χ1v) is 10.5. The van der Waals surface area contributed by atoms with Gasteiger partial charge in [-0.2, -0.15) is 4.31 Å². The Kier molecular flexibility index (Phi) is 6.63. The molecule has 1 fully saturated rings. The summed E-state index contributed by atoms with van der Waals surface area (Å²) in [6.07, 6.45) is 2.80. The van der Waals surface area contributed by atoms with E-state index in [1.165, 1.54) is 28.6 Å². The van der Waals surface area contributed by atoms with Crippen molar-refractivity contribution in [3.63, 3.8) is 0 Å². The van der Waals surface area contributed by atoms with Gasteiger partial charge in [-0.25, -0.2) is 16.8 Å². The van der Waals surface area contributed by atoms with Crippen LogP contribution in [-0.4, -0.2) is 46.5 Å². The fraction of sp³-hybridized carbons (Fsp3) is 0.571. The predicted molar refractivity (Wildman–Crippen MR) is 91.9 cm³/mol. The van der Waals surface area contributed by atoms with Gasteiger partial charge >= 0.3 is 0 Å². The third-order valence-electron chi connectivity index (χ3n) is 4.05. The maximum absolute atomic E-state index is 12.7. The fourth-order valence-electron chi connectivity index (χ4n) is 2.63. The zero-order valence-electron chi connectivity index (χ0n) is 13.2. The summed E-state index contributed by atoms with van der Waals surface area (Å²) in [6.45, 7) is 2.77. The van der Waals surface area contributed by atoms with Crippen LogP contribution in [0.3, 0.4) is 0 Å². The van der Waals surface area contributed by atoms with Crippen molar-refractivity contribution in [2.24, 2.45) is 11.7 Å². The Hall–Kier alpha value is -0.670. The molecular weight excluding hydrogens is 360 g/mol. The molecule has 2 atom stereocenters. The van der Waals surface area contributed by atoms with Crippen LogP contribution in [0.2, 0.25) is 0 Å². The molecule has 9 heteroatoms. The maximum atomic E-state index is 12.7. The fourth-order valence-corrected chi connectivity index (χ4v) is 4.80. The Bertz CT molecular complexity index is 731.